The van der Waals surface area contributed by atoms with Gasteiger partial charge in [-0.3, -0.25) is 14.1 Å². The summed E-state index contributed by atoms with van der Waals surface area (Å²) in [4.78, 5) is 33.3. The molecule has 2 amide bonds. The zero-order valence-electron chi connectivity index (χ0n) is 9.64. The highest BCUT2D eigenvalue weighted by atomic mass is 32.2. The Morgan fingerprint density at radius 2 is 1.84 bits per heavy atom. The SMILES string of the molecule is O=C[C@H](CS)NC(=O)[C@H](CS(=O)(=O)O)NC(=O)CS. The maximum atomic E-state index is 11.7. The van der Waals surface area contributed by atoms with Gasteiger partial charge in [-0.2, -0.15) is 33.7 Å². The lowest BCUT2D eigenvalue weighted by molar-refractivity contribution is -0.128. The Bertz CT molecular complexity index is 438. The van der Waals surface area contributed by atoms with Crippen LogP contribution in [0.2, 0.25) is 0 Å². The van der Waals surface area contributed by atoms with Crippen molar-refractivity contribution in [3.8, 4) is 0 Å². The molecule has 0 aromatic carbocycles. The normalized spacial score (nSPS) is 14.3. The van der Waals surface area contributed by atoms with E-state index < -0.39 is 39.8 Å². The third kappa shape index (κ3) is 8.08. The standard InChI is InChI=1S/C8H14N2O6S3/c11-1-5(2-17)9-8(13)6(4-19(14,15)16)10-7(12)3-18/h1,5-6,17-18H,2-4H2,(H,9,13)(H,10,12)(H,14,15,16)/t5-,6+/m1/s1. The predicted molar refractivity (Wildman–Crippen MR) is 74.0 cm³/mol. The molecule has 19 heavy (non-hydrogen) atoms. The number of hydrogen-bond donors (Lipinski definition) is 5. The molecule has 0 fully saturated rings. The second kappa shape index (κ2) is 8.40. The van der Waals surface area contributed by atoms with E-state index >= 15 is 0 Å². The van der Waals surface area contributed by atoms with Crippen LogP contribution in [0, 0.1) is 0 Å². The molecular formula is C8H14N2O6S3. The Balaban J connectivity index is 4.86. The topological polar surface area (TPSA) is 130 Å². The van der Waals surface area contributed by atoms with Gasteiger partial charge in [0.2, 0.25) is 11.8 Å². The van der Waals surface area contributed by atoms with Gasteiger partial charge in [-0.05, 0) is 0 Å². The molecule has 8 nitrogen and oxygen atoms in total. The molecule has 0 aliphatic rings. The fourth-order valence-electron chi connectivity index (χ4n) is 1.04. The lowest BCUT2D eigenvalue weighted by Crippen LogP contribution is -2.53. The lowest BCUT2D eigenvalue weighted by atomic mass is 10.2. The summed E-state index contributed by atoms with van der Waals surface area (Å²) in [5, 5.41) is 4.24. The van der Waals surface area contributed by atoms with E-state index in [4.69, 9.17) is 4.55 Å². The number of carbonyl (C=O) groups excluding carboxylic acids is 3. The van der Waals surface area contributed by atoms with Gasteiger partial charge in [0, 0.05) is 5.75 Å². The fraction of sp³-hybridized carbons (Fsp3) is 0.625. The van der Waals surface area contributed by atoms with E-state index in [1.165, 1.54) is 0 Å². The summed E-state index contributed by atoms with van der Waals surface area (Å²) in [6.07, 6.45) is 0.413. The zero-order valence-corrected chi connectivity index (χ0v) is 12.2. The van der Waals surface area contributed by atoms with Crippen LogP contribution in [0.25, 0.3) is 0 Å². The number of thiol groups is 2. The summed E-state index contributed by atoms with van der Waals surface area (Å²) in [5.41, 5.74) is 0. The van der Waals surface area contributed by atoms with Crippen LogP contribution in [0.4, 0.5) is 0 Å². The highest BCUT2D eigenvalue weighted by Gasteiger charge is 2.27. The summed E-state index contributed by atoms with van der Waals surface area (Å²) < 4.78 is 30.2. The number of rotatable bonds is 8. The first-order valence-corrected chi connectivity index (χ1v) is 7.82. The number of carbonyl (C=O) groups is 3. The minimum atomic E-state index is -4.48. The molecule has 0 saturated carbocycles. The van der Waals surface area contributed by atoms with Crippen molar-refractivity contribution in [1.82, 2.24) is 10.6 Å². The molecule has 0 radical (unpaired) electrons. The van der Waals surface area contributed by atoms with Crippen LogP contribution in [0.1, 0.15) is 0 Å². The summed E-state index contributed by atoms with van der Waals surface area (Å²) in [6.45, 7) is 0. The minimum absolute atomic E-state index is 0.00828. The van der Waals surface area contributed by atoms with E-state index in [1.54, 1.807) is 0 Å². The maximum absolute atomic E-state index is 11.7. The number of nitrogens with one attached hydrogen (secondary N) is 2. The highest BCUT2D eigenvalue weighted by molar-refractivity contribution is 7.85. The smallest absolute Gasteiger partial charge is 0.267 e. The molecule has 11 heteroatoms. The molecule has 3 N–H and O–H groups in total. The van der Waals surface area contributed by atoms with Crippen LogP contribution in [0.15, 0.2) is 0 Å². The quantitative estimate of drug-likeness (QED) is 0.197. The van der Waals surface area contributed by atoms with Crippen molar-refractivity contribution in [2.75, 3.05) is 17.3 Å². The summed E-state index contributed by atoms with van der Waals surface area (Å²) in [5.74, 6) is -2.87. The maximum Gasteiger partial charge on any atom is 0.267 e. The molecule has 0 aromatic heterocycles. The zero-order chi connectivity index (χ0) is 15.1. The molecule has 0 bridgehead atoms. The third-order valence-corrected chi connectivity index (χ3v) is 3.30. The Labute approximate surface area is 121 Å². The molecule has 0 spiro atoms. The van der Waals surface area contributed by atoms with Crippen molar-refractivity contribution in [2.45, 2.75) is 12.1 Å². The molecule has 0 heterocycles. The van der Waals surface area contributed by atoms with Gasteiger partial charge in [0.25, 0.3) is 10.1 Å². The molecule has 0 aliphatic carbocycles. The molecule has 110 valence electrons. The van der Waals surface area contributed by atoms with Gasteiger partial charge in [0.05, 0.1) is 11.8 Å². The van der Waals surface area contributed by atoms with Crippen molar-refractivity contribution in [3.63, 3.8) is 0 Å². The van der Waals surface area contributed by atoms with E-state index in [0.29, 0.717) is 6.29 Å². The Morgan fingerprint density at radius 1 is 1.26 bits per heavy atom. The van der Waals surface area contributed by atoms with Gasteiger partial charge >= 0.3 is 0 Å². The van der Waals surface area contributed by atoms with Crippen molar-refractivity contribution in [3.05, 3.63) is 0 Å². The average molecular weight is 330 g/mol. The van der Waals surface area contributed by atoms with Crippen molar-refractivity contribution >= 4 is 53.5 Å². The Hall–Kier alpha value is -0.780. The van der Waals surface area contributed by atoms with Crippen molar-refractivity contribution < 1.29 is 27.4 Å². The predicted octanol–water partition coefficient (Wildman–Crippen LogP) is -2.10. The largest absolute Gasteiger partial charge is 0.344 e. The van der Waals surface area contributed by atoms with Gasteiger partial charge in [-0.1, -0.05) is 0 Å². The van der Waals surface area contributed by atoms with E-state index in [2.05, 4.69) is 35.9 Å². The van der Waals surface area contributed by atoms with Gasteiger partial charge in [0.15, 0.2) is 0 Å². The average Bonchev–Trinajstić information content (AvgIpc) is 2.32. The van der Waals surface area contributed by atoms with E-state index in [9.17, 15) is 22.8 Å². The van der Waals surface area contributed by atoms with Crippen LogP contribution in [0.3, 0.4) is 0 Å². The molecule has 2 atom stereocenters. The molecule has 0 rings (SSSR count). The van der Waals surface area contributed by atoms with Gasteiger partial charge in [0.1, 0.15) is 18.1 Å². The first-order valence-electron chi connectivity index (χ1n) is 4.95. The van der Waals surface area contributed by atoms with Gasteiger partial charge in [-0.25, -0.2) is 0 Å². The first kappa shape index (κ1) is 18.2. The van der Waals surface area contributed by atoms with Crippen LogP contribution in [-0.2, 0) is 24.5 Å². The van der Waals surface area contributed by atoms with Crippen molar-refractivity contribution in [2.24, 2.45) is 0 Å². The highest BCUT2D eigenvalue weighted by Crippen LogP contribution is 1.95. The molecule has 0 saturated heterocycles. The van der Waals surface area contributed by atoms with Crippen LogP contribution in [-0.4, -0.2) is 60.4 Å². The van der Waals surface area contributed by atoms with E-state index in [0.717, 1.165) is 0 Å². The first-order chi connectivity index (χ1) is 8.73. The molecular weight excluding hydrogens is 316 g/mol. The second-order valence-corrected chi connectivity index (χ2v) is 5.64. The number of amides is 2. The second-order valence-electron chi connectivity index (χ2n) is 3.46. The lowest BCUT2D eigenvalue weighted by Gasteiger charge is -2.18. The monoisotopic (exact) mass is 330 g/mol. The van der Waals surface area contributed by atoms with E-state index in [1.807, 2.05) is 0 Å². The van der Waals surface area contributed by atoms with Gasteiger partial charge < -0.3 is 15.4 Å². The summed E-state index contributed by atoms with van der Waals surface area (Å²) >= 11 is 7.45. The minimum Gasteiger partial charge on any atom is -0.344 e. The van der Waals surface area contributed by atoms with E-state index in [-0.39, 0.29) is 11.5 Å². The molecule has 0 aliphatic heterocycles. The van der Waals surface area contributed by atoms with Gasteiger partial charge in [-0.15, -0.1) is 0 Å². The van der Waals surface area contributed by atoms with Crippen LogP contribution >= 0.6 is 25.3 Å². The molecule has 0 unspecified atom stereocenters. The summed E-state index contributed by atoms with van der Waals surface area (Å²) in [7, 11) is -4.48. The number of aldehydes is 1. The molecule has 0 aromatic rings. The van der Waals surface area contributed by atoms with Crippen LogP contribution < -0.4 is 10.6 Å². The Morgan fingerprint density at radius 3 is 2.21 bits per heavy atom. The fourth-order valence-corrected chi connectivity index (χ4v) is 1.96. The summed E-state index contributed by atoms with van der Waals surface area (Å²) in [6, 6.07) is -2.44. The Kier molecular flexibility index (Phi) is 8.06. The van der Waals surface area contributed by atoms with Crippen LogP contribution in [0.5, 0.6) is 0 Å². The van der Waals surface area contributed by atoms with Crippen molar-refractivity contribution in [1.29, 1.82) is 0 Å². The third-order valence-electron chi connectivity index (χ3n) is 1.86. The number of hydrogen-bond acceptors (Lipinski definition) is 7.